The van der Waals surface area contributed by atoms with Crippen molar-refractivity contribution in [3.8, 4) is 0 Å². The molecular weight excluding hydrogens is 354 g/mol. The molecule has 3 heterocycles. The minimum atomic E-state index is -2.62. The van der Waals surface area contributed by atoms with Crippen molar-refractivity contribution in [2.24, 2.45) is 0 Å². The maximum atomic E-state index is 13.3. The third-order valence-electron chi connectivity index (χ3n) is 4.36. The summed E-state index contributed by atoms with van der Waals surface area (Å²) in [4.78, 5) is 16.5. The van der Waals surface area contributed by atoms with E-state index in [0.717, 1.165) is 12.1 Å². The maximum Gasteiger partial charge on any atom is 0.264 e. The lowest BCUT2D eigenvalue weighted by molar-refractivity contribution is -0.121. The number of aryl methyl sites for hydroxylation is 4. The Morgan fingerprint density at radius 2 is 2.04 bits per heavy atom. The summed E-state index contributed by atoms with van der Waals surface area (Å²) in [5.74, 6) is -0.238. The minimum Gasteiger partial charge on any atom is -0.354 e. The number of halogens is 2. The van der Waals surface area contributed by atoms with Gasteiger partial charge in [-0.25, -0.2) is 18.4 Å². The molecule has 1 N–H and O–H groups in total. The zero-order chi connectivity index (χ0) is 19.6. The number of nitrogens with zero attached hydrogens (tertiary/aromatic N) is 5. The van der Waals surface area contributed by atoms with E-state index in [1.165, 1.54) is 10.7 Å². The van der Waals surface area contributed by atoms with E-state index in [4.69, 9.17) is 0 Å². The normalized spacial score (nSPS) is 11.5. The third-order valence-corrected chi connectivity index (χ3v) is 4.36. The van der Waals surface area contributed by atoms with Crippen molar-refractivity contribution >= 4 is 16.9 Å². The van der Waals surface area contributed by atoms with Gasteiger partial charge in [0.25, 0.3) is 6.43 Å². The zero-order valence-electron chi connectivity index (χ0n) is 15.5. The fourth-order valence-corrected chi connectivity index (χ4v) is 3.08. The summed E-state index contributed by atoms with van der Waals surface area (Å²) in [7, 11) is 0. The highest BCUT2D eigenvalue weighted by atomic mass is 19.3. The summed E-state index contributed by atoms with van der Waals surface area (Å²) in [5.41, 5.74) is 2.18. The molecule has 7 nitrogen and oxygen atoms in total. The number of nitrogens with one attached hydrogen (secondary N) is 1. The molecule has 0 bridgehead atoms. The summed E-state index contributed by atoms with van der Waals surface area (Å²) in [6, 6.07) is 3.29. The quantitative estimate of drug-likeness (QED) is 0.643. The molecule has 0 aliphatic carbocycles. The van der Waals surface area contributed by atoms with Crippen LogP contribution in [-0.4, -0.2) is 37.0 Å². The number of rotatable bonds is 7. The molecule has 9 heteroatoms. The molecule has 3 aromatic rings. The smallest absolute Gasteiger partial charge is 0.264 e. The van der Waals surface area contributed by atoms with E-state index in [1.807, 2.05) is 17.7 Å². The van der Waals surface area contributed by atoms with Crippen LogP contribution in [0.15, 0.2) is 18.3 Å². The lowest BCUT2D eigenvalue weighted by atomic mass is 10.1. The highest BCUT2D eigenvalue weighted by molar-refractivity contribution is 5.84. The summed E-state index contributed by atoms with van der Waals surface area (Å²) in [6.45, 7) is 6.40. The van der Waals surface area contributed by atoms with E-state index in [9.17, 15) is 13.6 Å². The third kappa shape index (κ3) is 4.12. The Balaban J connectivity index is 1.65. The highest BCUT2D eigenvalue weighted by Crippen LogP contribution is 2.29. The molecule has 144 valence electrons. The average molecular weight is 376 g/mol. The van der Waals surface area contributed by atoms with Crippen molar-refractivity contribution in [3.63, 3.8) is 0 Å². The van der Waals surface area contributed by atoms with Crippen molar-refractivity contribution in [1.82, 2.24) is 29.9 Å². The van der Waals surface area contributed by atoms with Gasteiger partial charge in [-0.05, 0) is 39.3 Å². The molecule has 27 heavy (non-hydrogen) atoms. The van der Waals surface area contributed by atoms with Gasteiger partial charge in [-0.2, -0.15) is 10.2 Å². The first-order valence-electron chi connectivity index (χ1n) is 8.74. The molecule has 3 aromatic heterocycles. The average Bonchev–Trinajstić information content (AvgIpc) is 3.14. The van der Waals surface area contributed by atoms with Crippen LogP contribution in [0, 0.1) is 20.8 Å². The number of fused-ring (bicyclic) bond motifs is 1. The van der Waals surface area contributed by atoms with Crippen LogP contribution in [0.25, 0.3) is 11.0 Å². The first-order chi connectivity index (χ1) is 12.9. The Kier molecular flexibility index (Phi) is 5.48. The molecule has 0 atom stereocenters. The zero-order valence-corrected chi connectivity index (χ0v) is 15.5. The lowest BCUT2D eigenvalue weighted by Crippen LogP contribution is -2.29. The Labute approximate surface area is 155 Å². The van der Waals surface area contributed by atoms with Crippen LogP contribution in [0.4, 0.5) is 8.78 Å². The second-order valence-electron chi connectivity index (χ2n) is 6.49. The van der Waals surface area contributed by atoms with Crippen LogP contribution in [0.5, 0.6) is 0 Å². The number of aromatic nitrogens is 5. The van der Waals surface area contributed by atoms with Crippen molar-refractivity contribution in [1.29, 1.82) is 0 Å². The lowest BCUT2D eigenvalue weighted by Gasteiger charge is -2.08. The Morgan fingerprint density at radius 1 is 1.26 bits per heavy atom. The van der Waals surface area contributed by atoms with Crippen LogP contribution in [0.3, 0.4) is 0 Å². The molecule has 0 saturated heterocycles. The van der Waals surface area contributed by atoms with Gasteiger partial charge in [0.15, 0.2) is 5.65 Å². The van der Waals surface area contributed by atoms with Gasteiger partial charge >= 0.3 is 0 Å². The van der Waals surface area contributed by atoms with E-state index in [2.05, 4.69) is 20.5 Å². The summed E-state index contributed by atoms with van der Waals surface area (Å²) < 4.78 is 29.9. The van der Waals surface area contributed by atoms with Gasteiger partial charge < -0.3 is 5.32 Å². The van der Waals surface area contributed by atoms with Crippen molar-refractivity contribution in [2.75, 3.05) is 6.54 Å². The predicted octanol–water partition coefficient (Wildman–Crippen LogP) is 2.70. The minimum absolute atomic E-state index is 0.0652. The molecule has 0 aromatic carbocycles. The molecule has 0 aliphatic rings. The standard InChI is InChI=1S/C18H22F2N6O/c1-11-9-14(17(19)20)16-13(3)24-26(18(16)23-11)10-15(27)21-6-4-8-25-12(2)5-7-22-25/h5,7,9,17H,4,6,8,10H2,1-3H3,(H,21,27). The first-order valence-corrected chi connectivity index (χ1v) is 8.74. The molecule has 1 amide bonds. The van der Waals surface area contributed by atoms with E-state index in [-0.39, 0.29) is 18.0 Å². The molecule has 0 aliphatic heterocycles. The Hall–Kier alpha value is -2.84. The number of hydrogen-bond acceptors (Lipinski definition) is 4. The summed E-state index contributed by atoms with van der Waals surface area (Å²) >= 11 is 0. The topological polar surface area (TPSA) is 77.6 Å². The Bertz CT molecular complexity index is 962. The highest BCUT2D eigenvalue weighted by Gasteiger charge is 2.20. The number of carbonyl (C=O) groups is 1. The number of amides is 1. The largest absolute Gasteiger partial charge is 0.354 e. The number of hydrogen-bond donors (Lipinski definition) is 1. The van der Waals surface area contributed by atoms with Gasteiger partial charge in [0.05, 0.1) is 11.1 Å². The fraction of sp³-hybridized carbons (Fsp3) is 0.444. The first kappa shape index (κ1) is 18.9. The van der Waals surface area contributed by atoms with Crippen LogP contribution < -0.4 is 5.32 Å². The maximum absolute atomic E-state index is 13.3. The second-order valence-corrected chi connectivity index (χ2v) is 6.49. The number of alkyl halides is 2. The van der Waals surface area contributed by atoms with E-state index >= 15 is 0 Å². The SMILES string of the molecule is Cc1cc(C(F)F)c2c(C)nn(CC(=O)NCCCn3nccc3C)c2n1. The van der Waals surface area contributed by atoms with E-state index < -0.39 is 6.43 Å². The summed E-state index contributed by atoms with van der Waals surface area (Å²) in [5, 5.41) is 11.6. The molecular formula is C18H22F2N6O. The van der Waals surface area contributed by atoms with Crippen LogP contribution in [-0.2, 0) is 17.9 Å². The van der Waals surface area contributed by atoms with Gasteiger partial charge in [-0.3, -0.25) is 9.48 Å². The van der Waals surface area contributed by atoms with Gasteiger partial charge in [-0.1, -0.05) is 0 Å². The second kappa shape index (κ2) is 7.81. The van der Waals surface area contributed by atoms with Gasteiger partial charge in [-0.15, -0.1) is 0 Å². The predicted molar refractivity (Wildman–Crippen MR) is 96.5 cm³/mol. The fourth-order valence-electron chi connectivity index (χ4n) is 3.08. The molecule has 0 fully saturated rings. The molecule has 0 unspecified atom stereocenters. The van der Waals surface area contributed by atoms with Crippen LogP contribution in [0.1, 0.15) is 35.5 Å². The monoisotopic (exact) mass is 376 g/mol. The van der Waals surface area contributed by atoms with Crippen molar-refractivity contribution in [2.45, 2.75) is 46.7 Å². The Morgan fingerprint density at radius 3 is 2.70 bits per heavy atom. The van der Waals surface area contributed by atoms with Gasteiger partial charge in [0.1, 0.15) is 6.54 Å². The van der Waals surface area contributed by atoms with Crippen molar-refractivity contribution in [3.05, 3.63) is 41.0 Å². The van der Waals surface area contributed by atoms with Crippen LogP contribution >= 0.6 is 0 Å². The van der Waals surface area contributed by atoms with E-state index in [0.29, 0.717) is 35.5 Å². The molecule has 0 saturated carbocycles. The van der Waals surface area contributed by atoms with Gasteiger partial charge in [0.2, 0.25) is 5.91 Å². The molecule has 3 rings (SSSR count). The molecule has 0 radical (unpaired) electrons. The van der Waals surface area contributed by atoms with Crippen LogP contribution in [0.2, 0.25) is 0 Å². The van der Waals surface area contributed by atoms with Gasteiger partial charge in [0, 0.05) is 36.2 Å². The molecule has 0 spiro atoms. The number of carbonyl (C=O) groups excluding carboxylic acids is 1. The van der Waals surface area contributed by atoms with E-state index in [1.54, 1.807) is 20.0 Å². The van der Waals surface area contributed by atoms with Crippen molar-refractivity contribution < 1.29 is 13.6 Å². The summed E-state index contributed by atoms with van der Waals surface area (Å²) in [6.07, 6.45) is -0.146. The number of pyridine rings is 1.